The Morgan fingerprint density at radius 1 is 1.15 bits per heavy atom. The monoisotopic (exact) mass is 391 g/mol. The average Bonchev–Trinajstić information content (AvgIpc) is 3.20. The van der Waals surface area contributed by atoms with E-state index in [4.69, 9.17) is 5.73 Å². The molecule has 0 aliphatic carbocycles. The van der Waals surface area contributed by atoms with E-state index in [1.54, 1.807) is 6.20 Å². The zero-order valence-electron chi connectivity index (χ0n) is 14.5. The van der Waals surface area contributed by atoms with E-state index in [-0.39, 0.29) is 18.3 Å². The van der Waals surface area contributed by atoms with Gasteiger partial charge < -0.3 is 16.0 Å². The van der Waals surface area contributed by atoms with Gasteiger partial charge in [0.1, 0.15) is 0 Å². The van der Waals surface area contributed by atoms with E-state index in [2.05, 4.69) is 44.5 Å². The van der Waals surface area contributed by atoms with Crippen molar-refractivity contribution in [2.45, 2.75) is 32.6 Å². The third kappa shape index (κ3) is 5.86. The molecule has 3 aromatic rings. The van der Waals surface area contributed by atoms with Gasteiger partial charge in [-0.05, 0) is 36.8 Å². The molecule has 4 N–H and O–H groups in total. The van der Waals surface area contributed by atoms with E-state index in [1.807, 2.05) is 5.38 Å². The van der Waals surface area contributed by atoms with Gasteiger partial charge in [-0.1, -0.05) is 24.3 Å². The fourth-order valence-electron chi connectivity index (χ4n) is 2.56. The zero-order chi connectivity index (χ0) is 17.6. The molecule has 8 heteroatoms. The maximum atomic E-state index is 11.0. The fourth-order valence-corrected chi connectivity index (χ4v) is 3.35. The lowest BCUT2D eigenvalue weighted by Gasteiger charge is -2.03. The van der Waals surface area contributed by atoms with E-state index < -0.39 is 0 Å². The van der Waals surface area contributed by atoms with Crippen LogP contribution in [0.1, 0.15) is 29.4 Å². The van der Waals surface area contributed by atoms with Crippen molar-refractivity contribution in [2.75, 3.05) is 11.1 Å². The van der Waals surface area contributed by atoms with Crippen LogP contribution in [0.4, 0.5) is 11.1 Å². The smallest absolute Gasteiger partial charge is 0.223 e. The molecule has 0 atom stereocenters. The number of hydrogen-bond donors (Lipinski definition) is 3. The molecule has 0 aliphatic rings. The number of nitrogens with one attached hydrogen (secondary N) is 2. The minimum absolute atomic E-state index is 0. The molecule has 138 valence electrons. The second-order valence-corrected chi connectivity index (χ2v) is 6.79. The summed E-state index contributed by atoms with van der Waals surface area (Å²) in [6, 6.07) is 8.66. The van der Waals surface area contributed by atoms with Crippen LogP contribution >= 0.6 is 23.7 Å². The number of carbonyl (C=O) groups is 1. The number of nitrogens with two attached hydrogens (primary N) is 1. The van der Waals surface area contributed by atoms with Gasteiger partial charge in [0.2, 0.25) is 5.91 Å². The van der Waals surface area contributed by atoms with Crippen LogP contribution in [0.25, 0.3) is 0 Å². The second kappa shape index (κ2) is 9.35. The molecule has 1 aromatic carbocycles. The molecule has 2 aromatic heterocycles. The van der Waals surface area contributed by atoms with E-state index in [9.17, 15) is 4.79 Å². The first-order chi connectivity index (χ1) is 12.1. The summed E-state index contributed by atoms with van der Waals surface area (Å²) < 4.78 is 0. The Balaban J connectivity index is 0.00000243. The first-order valence-electron chi connectivity index (χ1n) is 8.17. The van der Waals surface area contributed by atoms with Crippen LogP contribution in [0, 0.1) is 0 Å². The lowest BCUT2D eigenvalue weighted by atomic mass is 10.0. The number of imidazole rings is 1. The maximum absolute atomic E-state index is 11.0. The Morgan fingerprint density at radius 2 is 1.81 bits per heavy atom. The van der Waals surface area contributed by atoms with Gasteiger partial charge >= 0.3 is 0 Å². The van der Waals surface area contributed by atoms with Crippen molar-refractivity contribution in [3.63, 3.8) is 0 Å². The Labute approximate surface area is 162 Å². The Bertz CT molecular complexity index is 843. The number of aryl methyl sites for hydroxylation is 4. The molecular weight excluding hydrogens is 370 g/mol. The first-order valence-corrected chi connectivity index (χ1v) is 9.05. The zero-order valence-corrected chi connectivity index (χ0v) is 16.1. The van der Waals surface area contributed by atoms with Crippen LogP contribution in [0.3, 0.4) is 0 Å². The lowest BCUT2D eigenvalue weighted by molar-refractivity contribution is -0.114. The quantitative estimate of drug-likeness (QED) is 0.575. The number of thiazole rings is 1. The summed E-state index contributed by atoms with van der Waals surface area (Å²) in [7, 11) is 0. The van der Waals surface area contributed by atoms with Crippen molar-refractivity contribution < 1.29 is 4.79 Å². The van der Waals surface area contributed by atoms with Gasteiger partial charge in [0.15, 0.2) is 11.1 Å². The standard InChI is InChI=1S/C18H21N5OS.ClH/c1-12(24)21-18-23-16(11-25-18)9-7-14-4-2-13(3-5-14)6-8-15-10-20-17(19)22-15;/h2-5,10-11H,6-9H2,1H3,(H3,19,20,22)(H,21,23,24);1H. The number of rotatable bonds is 7. The number of aromatic amines is 1. The molecule has 2 heterocycles. The van der Waals surface area contributed by atoms with Crippen LogP contribution in [0.5, 0.6) is 0 Å². The minimum Gasteiger partial charge on any atom is -0.369 e. The summed E-state index contributed by atoms with van der Waals surface area (Å²) in [5, 5.41) is 5.37. The number of nitrogens with zero attached hydrogens (tertiary/aromatic N) is 2. The first kappa shape index (κ1) is 19.9. The highest BCUT2D eigenvalue weighted by Crippen LogP contribution is 2.17. The number of halogens is 1. The lowest BCUT2D eigenvalue weighted by Crippen LogP contribution is -2.05. The van der Waals surface area contributed by atoms with Gasteiger partial charge in [-0.25, -0.2) is 9.97 Å². The van der Waals surface area contributed by atoms with E-state index >= 15 is 0 Å². The molecule has 0 bridgehead atoms. The van der Waals surface area contributed by atoms with Gasteiger partial charge in [0.25, 0.3) is 0 Å². The molecule has 6 nitrogen and oxygen atoms in total. The Kier molecular flexibility index (Phi) is 7.17. The third-order valence-electron chi connectivity index (χ3n) is 3.86. The Morgan fingerprint density at radius 3 is 2.38 bits per heavy atom. The molecule has 0 unspecified atom stereocenters. The molecule has 3 rings (SSSR count). The van der Waals surface area contributed by atoms with Crippen LogP contribution < -0.4 is 11.1 Å². The molecule has 0 radical (unpaired) electrons. The van der Waals surface area contributed by atoms with Gasteiger partial charge in [-0.15, -0.1) is 23.7 Å². The van der Waals surface area contributed by atoms with Crippen LogP contribution in [-0.2, 0) is 30.5 Å². The molecule has 0 spiro atoms. The van der Waals surface area contributed by atoms with E-state index in [0.29, 0.717) is 11.1 Å². The molecule has 0 aliphatic heterocycles. The third-order valence-corrected chi connectivity index (χ3v) is 4.67. The number of amides is 1. The van der Waals surface area contributed by atoms with Crippen LogP contribution in [0.15, 0.2) is 35.8 Å². The largest absolute Gasteiger partial charge is 0.369 e. The number of H-pyrrole nitrogens is 1. The van der Waals surface area contributed by atoms with Crippen molar-refractivity contribution in [3.8, 4) is 0 Å². The van der Waals surface area contributed by atoms with Crippen molar-refractivity contribution in [3.05, 3.63) is 58.4 Å². The fraction of sp³-hybridized carbons (Fsp3) is 0.278. The highest BCUT2D eigenvalue weighted by molar-refractivity contribution is 7.13. The second-order valence-electron chi connectivity index (χ2n) is 5.94. The van der Waals surface area contributed by atoms with E-state index in [0.717, 1.165) is 37.1 Å². The SMILES string of the molecule is CC(=O)Nc1nc(CCc2ccc(CCc3cnc(N)[nH]3)cc2)cs1.Cl. The average molecular weight is 392 g/mol. The molecule has 0 saturated heterocycles. The number of nitrogen functional groups attached to an aromatic ring is 1. The van der Waals surface area contributed by atoms with Crippen molar-refractivity contribution in [1.29, 1.82) is 0 Å². The van der Waals surface area contributed by atoms with Gasteiger partial charge in [-0.2, -0.15) is 0 Å². The highest BCUT2D eigenvalue weighted by atomic mass is 35.5. The maximum Gasteiger partial charge on any atom is 0.223 e. The topological polar surface area (TPSA) is 96.7 Å². The van der Waals surface area contributed by atoms with Gasteiger partial charge in [0.05, 0.1) is 11.9 Å². The molecular formula is C18H22ClN5OS. The summed E-state index contributed by atoms with van der Waals surface area (Å²) in [6.07, 6.45) is 5.43. The van der Waals surface area contributed by atoms with E-state index in [1.165, 1.54) is 29.4 Å². The molecule has 26 heavy (non-hydrogen) atoms. The predicted octanol–water partition coefficient (Wildman–Crippen LogP) is 3.40. The predicted molar refractivity (Wildman–Crippen MR) is 108 cm³/mol. The van der Waals surface area contributed by atoms with Crippen LogP contribution in [-0.4, -0.2) is 20.9 Å². The number of aromatic nitrogens is 3. The summed E-state index contributed by atoms with van der Waals surface area (Å²) in [6.45, 7) is 1.49. The summed E-state index contributed by atoms with van der Waals surface area (Å²) in [4.78, 5) is 22.5. The van der Waals surface area contributed by atoms with Crippen molar-refractivity contribution in [1.82, 2.24) is 15.0 Å². The minimum atomic E-state index is -0.0886. The molecule has 0 saturated carbocycles. The highest BCUT2D eigenvalue weighted by Gasteiger charge is 2.04. The normalized spacial score (nSPS) is 10.3. The number of hydrogen-bond acceptors (Lipinski definition) is 5. The molecule has 1 amide bonds. The van der Waals surface area contributed by atoms with Crippen molar-refractivity contribution in [2.24, 2.45) is 0 Å². The Hall–Kier alpha value is -2.38. The summed E-state index contributed by atoms with van der Waals surface area (Å²) >= 11 is 1.46. The number of benzene rings is 1. The number of anilines is 2. The summed E-state index contributed by atoms with van der Waals surface area (Å²) in [5.74, 6) is 0.378. The van der Waals surface area contributed by atoms with Gasteiger partial charge in [-0.3, -0.25) is 4.79 Å². The van der Waals surface area contributed by atoms with Gasteiger partial charge in [0, 0.05) is 18.0 Å². The number of carbonyl (C=O) groups excluding carboxylic acids is 1. The van der Waals surface area contributed by atoms with Crippen LogP contribution in [0.2, 0.25) is 0 Å². The summed E-state index contributed by atoms with van der Waals surface area (Å²) in [5.41, 5.74) is 10.2. The molecule has 0 fully saturated rings. The van der Waals surface area contributed by atoms with Crippen molar-refractivity contribution >= 4 is 40.7 Å².